The molecule has 2 aromatic carbocycles. The minimum Gasteiger partial charge on any atom is -0.379 e. The number of benzene rings is 2. The van der Waals surface area contributed by atoms with Crippen LogP contribution in [-0.4, -0.2) is 65.2 Å². The molecule has 36 heavy (non-hydrogen) atoms. The van der Waals surface area contributed by atoms with Gasteiger partial charge in [-0.2, -0.15) is 4.98 Å². The van der Waals surface area contributed by atoms with Gasteiger partial charge in [-0.15, -0.1) is 0 Å². The van der Waals surface area contributed by atoms with Gasteiger partial charge in [0.2, 0.25) is 17.6 Å². The first kappa shape index (κ1) is 25.1. The number of nitrogens with zero attached hydrogens (tertiary/aromatic N) is 4. The van der Waals surface area contributed by atoms with E-state index in [1.807, 2.05) is 24.3 Å². The molecule has 3 aromatic rings. The van der Waals surface area contributed by atoms with Crippen LogP contribution in [0.25, 0.3) is 11.4 Å². The summed E-state index contributed by atoms with van der Waals surface area (Å²) in [6.07, 6.45) is 1.87. The first-order valence-corrected chi connectivity index (χ1v) is 13.4. The molecular formula is C27H32BrN5O3. The third-order valence-corrected chi connectivity index (χ3v) is 7.33. The molecule has 3 heterocycles. The number of morpholine rings is 1. The average molecular weight is 554 g/mol. The van der Waals surface area contributed by atoms with Crippen LogP contribution < -0.4 is 5.32 Å². The summed E-state index contributed by atoms with van der Waals surface area (Å²) in [6, 6.07) is 16.4. The lowest BCUT2D eigenvalue weighted by Gasteiger charge is -2.30. The average Bonchev–Trinajstić information content (AvgIpc) is 3.37. The highest BCUT2D eigenvalue weighted by molar-refractivity contribution is 9.10. The molecule has 1 unspecified atom stereocenters. The van der Waals surface area contributed by atoms with Crippen molar-refractivity contribution in [2.24, 2.45) is 5.92 Å². The van der Waals surface area contributed by atoms with E-state index in [1.165, 1.54) is 5.56 Å². The number of amides is 1. The Hall–Kier alpha value is -2.59. The van der Waals surface area contributed by atoms with Gasteiger partial charge in [0.15, 0.2) is 0 Å². The topological polar surface area (TPSA) is 83.7 Å². The van der Waals surface area contributed by atoms with Crippen molar-refractivity contribution in [1.82, 2.24) is 25.3 Å². The van der Waals surface area contributed by atoms with Gasteiger partial charge in [0.1, 0.15) is 0 Å². The molecule has 1 N–H and O–H groups in total. The highest BCUT2D eigenvalue weighted by Gasteiger charge is 2.27. The molecule has 1 amide bonds. The predicted octanol–water partition coefficient (Wildman–Crippen LogP) is 3.86. The quantitative estimate of drug-likeness (QED) is 0.453. The molecule has 2 saturated heterocycles. The van der Waals surface area contributed by atoms with E-state index in [9.17, 15) is 4.79 Å². The van der Waals surface area contributed by atoms with E-state index in [4.69, 9.17) is 9.26 Å². The minimum absolute atomic E-state index is 0.0341. The van der Waals surface area contributed by atoms with Gasteiger partial charge < -0.3 is 14.6 Å². The van der Waals surface area contributed by atoms with E-state index in [-0.39, 0.29) is 11.8 Å². The van der Waals surface area contributed by atoms with E-state index < -0.39 is 0 Å². The number of rotatable bonds is 8. The second-order valence-corrected chi connectivity index (χ2v) is 10.4. The van der Waals surface area contributed by atoms with Gasteiger partial charge in [0.25, 0.3) is 0 Å². The number of piperidine rings is 1. The Kier molecular flexibility index (Phi) is 8.43. The summed E-state index contributed by atoms with van der Waals surface area (Å²) in [7, 11) is 0. The van der Waals surface area contributed by atoms with Gasteiger partial charge in [-0.1, -0.05) is 45.4 Å². The number of carbonyl (C=O) groups is 1. The van der Waals surface area contributed by atoms with Gasteiger partial charge in [0.05, 0.1) is 25.7 Å². The summed E-state index contributed by atoms with van der Waals surface area (Å²) in [6.45, 7) is 7.24. The third kappa shape index (κ3) is 6.79. The summed E-state index contributed by atoms with van der Waals surface area (Å²) in [5, 5.41) is 7.26. The second kappa shape index (κ2) is 12.1. The van der Waals surface area contributed by atoms with Crippen molar-refractivity contribution in [3.05, 3.63) is 70.0 Å². The Morgan fingerprint density at radius 2 is 1.72 bits per heavy atom. The molecule has 1 aromatic heterocycles. The van der Waals surface area contributed by atoms with Crippen LogP contribution in [0.1, 0.15) is 29.9 Å². The molecule has 1 atom stereocenters. The van der Waals surface area contributed by atoms with Crippen molar-refractivity contribution in [2.75, 3.05) is 39.4 Å². The number of likely N-dealkylation sites (tertiary alicyclic amines) is 1. The molecule has 2 aliphatic heterocycles. The zero-order chi connectivity index (χ0) is 24.7. The predicted molar refractivity (Wildman–Crippen MR) is 140 cm³/mol. The summed E-state index contributed by atoms with van der Waals surface area (Å²) < 4.78 is 11.9. The van der Waals surface area contributed by atoms with Gasteiger partial charge in [-0.3, -0.25) is 14.6 Å². The Morgan fingerprint density at radius 3 is 2.50 bits per heavy atom. The van der Waals surface area contributed by atoms with E-state index in [0.29, 0.717) is 31.3 Å². The fourth-order valence-corrected chi connectivity index (χ4v) is 5.02. The molecule has 8 nitrogen and oxygen atoms in total. The first-order chi connectivity index (χ1) is 17.6. The van der Waals surface area contributed by atoms with Gasteiger partial charge in [-0.25, -0.2) is 0 Å². The fourth-order valence-electron chi connectivity index (χ4n) is 4.75. The first-order valence-electron chi connectivity index (χ1n) is 12.6. The van der Waals surface area contributed by atoms with Crippen molar-refractivity contribution in [3.63, 3.8) is 0 Å². The van der Waals surface area contributed by atoms with E-state index >= 15 is 0 Å². The van der Waals surface area contributed by atoms with Gasteiger partial charge in [0, 0.05) is 42.8 Å². The van der Waals surface area contributed by atoms with Crippen molar-refractivity contribution >= 4 is 21.8 Å². The second-order valence-electron chi connectivity index (χ2n) is 9.52. The molecule has 2 aliphatic rings. The number of aromatic nitrogens is 2. The number of carbonyl (C=O) groups excluding carboxylic acids is 1. The Morgan fingerprint density at radius 1 is 0.972 bits per heavy atom. The maximum Gasteiger partial charge on any atom is 0.241 e. The Bertz CT molecular complexity index is 1130. The number of ether oxygens (including phenoxy) is 1. The van der Waals surface area contributed by atoms with Crippen LogP contribution in [0, 0.1) is 5.92 Å². The molecule has 0 bridgehead atoms. The molecule has 9 heteroatoms. The molecule has 2 fully saturated rings. The molecule has 0 radical (unpaired) electrons. The standard InChI is InChI=1S/C27H32BrN5O3/c28-24-9-7-22(8-10-24)26-30-25(36-31-26)19-33-11-1-2-23(18-33)27(34)29-16-20-3-5-21(6-4-20)17-32-12-14-35-15-13-32/h3-10,23H,1-2,11-19H2,(H,29,34). The molecule has 190 valence electrons. The normalized spacial score (nSPS) is 19.3. The van der Waals surface area contributed by atoms with Crippen LogP contribution >= 0.6 is 15.9 Å². The van der Waals surface area contributed by atoms with Crippen molar-refractivity contribution < 1.29 is 14.1 Å². The van der Waals surface area contributed by atoms with Gasteiger partial charge >= 0.3 is 0 Å². The van der Waals surface area contributed by atoms with Crippen LogP contribution in [-0.2, 0) is 29.2 Å². The summed E-state index contributed by atoms with van der Waals surface area (Å²) in [5.74, 6) is 1.23. The molecule has 0 aliphatic carbocycles. The lowest BCUT2D eigenvalue weighted by atomic mass is 9.97. The molecule has 0 saturated carbocycles. The van der Waals surface area contributed by atoms with Crippen molar-refractivity contribution in [3.8, 4) is 11.4 Å². The van der Waals surface area contributed by atoms with Crippen LogP contribution in [0.2, 0.25) is 0 Å². The zero-order valence-electron chi connectivity index (χ0n) is 20.4. The molecule has 5 rings (SSSR count). The lowest BCUT2D eigenvalue weighted by Crippen LogP contribution is -2.42. The zero-order valence-corrected chi connectivity index (χ0v) is 22.0. The molecule has 0 spiro atoms. The monoisotopic (exact) mass is 553 g/mol. The Labute approximate surface area is 220 Å². The van der Waals surface area contributed by atoms with E-state index in [0.717, 1.165) is 67.8 Å². The number of hydrogen-bond acceptors (Lipinski definition) is 7. The minimum atomic E-state index is -0.0341. The van der Waals surface area contributed by atoms with Crippen molar-refractivity contribution in [2.45, 2.75) is 32.5 Å². The van der Waals surface area contributed by atoms with Crippen LogP contribution in [0.3, 0.4) is 0 Å². The molecular weight excluding hydrogens is 522 g/mol. The van der Waals surface area contributed by atoms with Crippen LogP contribution in [0.15, 0.2) is 57.5 Å². The number of nitrogens with one attached hydrogen (secondary N) is 1. The highest BCUT2D eigenvalue weighted by Crippen LogP contribution is 2.22. The van der Waals surface area contributed by atoms with Crippen LogP contribution in [0.4, 0.5) is 0 Å². The maximum atomic E-state index is 12.9. The third-order valence-electron chi connectivity index (χ3n) is 6.81. The van der Waals surface area contributed by atoms with Crippen molar-refractivity contribution in [1.29, 1.82) is 0 Å². The van der Waals surface area contributed by atoms with E-state index in [2.05, 4.69) is 65.5 Å². The number of halogens is 1. The maximum absolute atomic E-state index is 12.9. The summed E-state index contributed by atoms with van der Waals surface area (Å²) in [4.78, 5) is 22.1. The van der Waals surface area contributed by atoms with Gasteiger partial charge in [-0.05, 0) is 54.8 Å². The smallest absolute Gasteiger partial charge is 0.241 e. The highest BCUT2D eigenvalue weighted by atomic mass is 79.9. The largest absolute Gasteiger partial charge is 0.379 e. The SMILES string of the molecule is O=C(NCc1ccc(CN2CCOCC2)cc1)C1CCCN(Cc2nc(-c3ccc(Br)cc3)no2)C1. The lowest BCUT2D eigenvalue weighted by molar-refractivity contribution is -0.127. The summed E-state index contributed by atoms with van der Waals surface area (Å²) in [5.41, 5.74) is 3.32. The Balaban J connectivity index is 1.09. The number of hydrogen-bond donors (Lipinski definition) is 1. The fraction of sp³-hybridized carbons (Fsp3) is 0.444. The van der Waals surface area contributed by atoms with Crippen LogP contribution in [0.5, 0.6) is 0 Å². The summed E-state index contributed by atoms with van der Waals surface area (Å²) >= 11 is 3.44. The van der Waals surface area contributed by atoms with E-state index in [1.54, 1.807) is 0 Å².